The molecule has 0 bridgehead atoms. The molecule has 0 aromatic carbocycles. The van der Waals surface area contributed by atoms with Gasteiger partial charge in [0.25, 0.3) is 5.91 Å². The quantitative estimate of drug-likeness (QED) is 0.580. The van der Waals surface area contributed by atoms with E-state index in [1.54, 1.807) is 17.4 Å². The summed E-state index contributed by atoms with van der Waals surface area (Å²) in [5, 5.41) is 13.5. The van der Waals surface area contributed by atoms with Crippen molar-refractivity contribution in [3.05, 3.63) is 33.0 Å². The summed E-state index contributed by atoms with van der Waals surface area (Å²) >= 11 is 2.84. The van der Waals surface area contributed by atoms with E-state index in [0.29, 0.717) is 20.8 Å². The fourth-order valence-corrected chi connectivity index (χ4v) is 5.34. The first-order valence-corrected chi connectivity index (χ1v) is 10.0. The predicted molar refractivity (Wildman–Crippen MR) is 107 cm³/mol. The molecule has 0 radical (unpaired) electrons. The number of amides is 1. The van der Waals surface area contributed by atoms with Crippen LogP contribution in [0.15, 0.2) is 12.1 Å². The first kappa shape index (κ1) is 16.8. The standard InChI is InChI=1S/C18H17N5OS2/c19-8-10-6-11-14(20)15(26-18(11)23-16(10)21)17(24)22-13-7-9-4-2-1-3-5-12(9)25-13/h6-7H,1-5,20H2,(H2,21,23)(H,22,24). The normalized spacial score (nSPS) is 13.8. The van der Waals surface area contributed by atoms with E-state index in [2.05, 4.69) is 16.4 Å². The summed E-state index contributed by atoms with van der Waals surface area (Å²) in [7, 11) is 0. The highest BCUT2D eigenvalue weighted by Crippen LogP contribution is 2.36. The minimum Gasteiger partial charge on any atom is -0.397 e. The largest absolute Gasteiger partial charge is 0.397 e. The Morgan fingerprint density at radius 2 is 2.00 bits per heavy atom. The summed E-state index contributed by atoms with van der Waals surface area (Å²) in [5.74, 6) is -0.103. The van der Waals surface area contributed by atoms with E-state index in [0.717, 1.165) is 17.8 Å². The lowest BCUT2D eigenvalue weighted by molar-refractivity contribution is 0.103. The van der Waals surface area contributed by atoms with Crippen molar-refractivity contribution in [1.82, 2.24) is 4.98 Å². The van der Waals surface area contributed by atoms with Crippen LogP contribution in [0, 0.1) is 11.3 Å². The van der Waals surface area contributed by atoms with Crippen molar-refractivity contribution < 1.29 is 4.79 Å². The molecule has 3 heterocycles. The summed E-state index contributed by atoms with van der Waals surface area (Å²) in [6.45, 7) is 0. The molecule has 3 aromatic heterocycles. The zero-order valence-electron chi connectivity index (χ0n) is 14.0. The maximum absolute atomic E-state index is 12.7. The molecule has 132 valence electrons. The van der Waals surface area contributed by atoms with Crippen molar-refractivity contribution in [2.45, 2.75) is 32.1 Å². The average Bonchev–Trinajstić information content (AvgIpc) is 3.06. The molecule has 26 heavy (non-hydrogen) atoms. The van der Waals surface area contributed by atoms with E-state index in [1.165, 1.54) is 41.0 Å². The fourth-order valence-electron chi connectivity index (χ4n) is 3.21. The van der Waals surface area contributed by atoms with Gasteiger partial charge in [0.15, 0.2) is 0 Å². The maximum Gasteiger partial charge on any atom is 0.268 e. The number of carbonyl (C=O) groups excluding carboxylic acids is 1. The van der Waals surface area contributed by atoms with Crippen LogP contribution in [0.4, 0.5) is 16.5 Å². The van der Waals surface area contributed by atoms with E-state index in [4.69, 9.17) is 16.7 Å². The molecule has 5 N–H and O–H groups in total. The van der Waals surface area contributed by atoms with Gasteiger partial charge in [-0.2, -0.15) is 5.26 Å². The number of fused-ring (bicyclic) bond motifs is 2. The number of hydrogen-bond donors (Lipinski definition) is 3. The zero-order chi connectivity index (χ0) is 18.3. The van der Waals surface area contributed by atoms with Crippen LogP contribution in [0.1, 0.15) is 44.9 Å². The second-order valence-corrected chi connectivity index (χ2v) is 8.44. The second kappa shape index (κ2) is 6.59. The van der Waals surface area contributed by atoms with Crippen molar-refractivity contribution >= 4 is 55.3 Å². The fraction of sp³-hybridized carbons (Fsp3) is 0.278. The van der Waals surface area contributed by atoms with Crippen LogP contribution in [-0.2, 0) is 12.8 Å². The van der Waals surface area contributed by atoms with Gasteiger partial charge in [-0.25, -0.2) is 4.98 Å². The van der Waals surface area contributed by atoms with Crippen LogP contribution in [0.2, 0.25) is 0 Å². The van der Waals surface area contributed by atoms with Gasteiger partial charge in [-0.05, 0) is 43.4 Å². The van der Waals surface area contributed by atoms with Gasteiger partial charge in [0.2, 0.25) is 0 Å². The number of nitriles is 1. The zero-order valence-corrected chi connectivity index (χ0v) is 15.6. The van der Waals surface area contributed by atoms with E-state index in [-0.39, 0.29) is 17.3 Å². The van der Waals surface area contributed by atoms with Gasteiger partial charge < -0.3 is 16.8 Å². The second-order valence-electron chi connectivity index (χ2n) is 6.30. The summed E-state index contributed by atoms with van der Waals surface area (Å²) in [6.07, 6.45) is 5.84. The molecular formula is C18H17N5OS2. The monoisotopic (exact) mass is 383 g/mol. The van der Waals surface area contributed by atoms with Crippen LogP contribution in [-0.4, -0.2) is 10.9 Å². The van der Waals surface area contributed by atoms with Crippen molar-refractivity contribution in [1.29, 1.82) is 5.26 Å². The Morgan fingerprint density at radius 3 is 2.81 bits per heavy atom. The number of hydrogen-bond acceptors (Lipinski definition) is 7. The topological polar surface area (TPSA) is 118 Å². The third kappa shape index (κ3) is 2.89. The van der Waals surface area contributed by atoms with E-state index in [1.807, 2.05) is 6.07 Å². The molecule has 0 fully saturated rings. The molecular weight excluding hydrogens is 366 g/mol. The number of pyridine rings is 1. The molecule has 0 aliphatic heterocycles. The summed E-state index contributed by atoms with van der Waals surface area (Å²) in [5.41, 5.74) is 13.9. The molecule has 6 nitrogen and oxygen atoms in total. The number of nitrogen functional groups attached to an aromatic ring is 2. The van der Waals surface area contributed by atoms with Gasteiger partial charge in [-0.15, -0.1) is 22.7 Å². The number of thiophene rings is 2. The Hall–Kier alpha value is -2.63. The number of anilines is 3. The maximum atomic E-state index is 12.7. The SMILES string of the molecule is N#Cc1cc2c(N)c(C(=O)Nc3cc4c(s3)CCCCC4)sc2nc1N. The predicted octanol–water partition coefficient (Wildman–Crippen LogP) is 3.92. The van der Waals surface area contributed by atoms with Gasteiger partial charge in [0.1, 0.15) is 21.6 Å². The van der Waals surface area contributed by atoms with Gasteiger partial charge in [-0.3, -0.25) is 4.79 Å². The lowest BCUT2D eigenvalue weighted by Crippen LogP contribution is -2.10. The summed E-state index contributed by atoms with van der Waals surface area (Å²) in [4.78, 5) is 19.2. The van der Waals surface area contributed by atoms with Gasteiger partial charge in [0.05, 0.1) is 16.3 Å². The lowest BCUT2D eigenvalue weighted by Gasteiger charge is -2.01. The third-order valence-electron chi connectivity index (χ3n) is 4.56. The van der Waals surface area contributed by atoms with Crippen molar-refractivity contribution in [2.75, 3.05) is 16.8 Å². The molecule has 8 heteroatoms. The van der Waals surface area contributed by atoms with Crippen molar-refractivity contribution in [2.24, 2.45) is 0 Å². The number of nitrogens with two attached hydrogens (primary N) is 2. The Labute approximate surface area is 158 Å². The van der Waals surface area contributed by atoms with E-state index < -0.39 is 0 Å². The summed E-state index contributed by atoms with van der Waals surface area (Å²) < 4.78 is 0. The number of nitrogens with one attached hydrogen (secondary N) is 1. The minimum atomic E-state index is -0.251. The number of carbonyl (C=O) groups is 1. The Bertz CT molecular complexity index is 1040. The summed E-state index contributed by atoms with van der Waals surface area (Å²) in [6, 6.07) is 5.66. The van der Waals surface area contributed by atoms with Crippen LogP contribution in [0.25, 0.3) is 10.2 Å². The molecule has 0 saturated carbocycles. The van der Waals surface area contributed by atoms with Crippen molar-refractivity contribution in [3.8, 4) is 6.07 Å². The smallest absolute Gasteiger partial charge is 0.268 e. The van der Waals surface area contributed by atoms with Crippen molar-refractivity contribution in [3.63, 3.8) is 0 Å². The highest BCUT2D eigenvalue weighted by atomic mass is 32.1. The number of nitrogens with zero attached hydrogens (tertiary/aromatic N) is 2. The molecule has 1 aliphatic rings. The van der Waals surface area contributed by atoms with Crippen LogP contribution in [0.5, 0.6) is 0 Å². The van der Waals surface area contributed by atoms with E-state index >= 15 is 0 Å². The molecule has 0 saturated heterocycles. The van der Waals surface area contributed by atoms with Crippen LogP contribution < -0.4 is 16.8 Å². The first-order chi connectivity index (χ1) is 12.6. The molecule has 0 atom stereocenters. The van der Waals surface area contributed by atoms with Gasteiger partial charge in [0, 0.05) is 10.3 Å². The molecule has 1 amide bonds. The van der Waals surface area contributed by atoms with Gasteiger partial charge >= 0.3 is 0 Å². The highest BCUT2D eigenvalue weighted by molar-refractivity contribution is 7.21. The molecule has 4 rings (SSSR count). The highest BCUT2D eigenvalue weighted by Gasteiger charge is 2.20. The number of rotatable bonds is 2. The Kier molecular flexibility index (Phi) is 4.26. The number of aryl methyl sites for hydroxylation is 2. The first-order valence-electron chi connectivity index (χ1n) is 8.38. The Morgan fingerprint density at radius 1 is 1.19 bits per heavy atom. The minimum absolute atomic E-state index is 0.148. The number of aromatic nitrogens is 1. The van der Waals surface area contributed by atoms with E-state index in [9.17, 15) is 4.79 Å². The van der Waals surface area contributed by atoms with Crippen LogP contribution in [0.3, 0.4) is 0 Å². The van der Waals surface area contributed by atoms with Gasteiger partial charge in [-0.1, -0.05) is 6.42 Å². The Balaban J connectivity index is 1.64. The lowest BCUT2D eigenvalue weighted by atomic mass is 10.1. The van der Waals surface area contributed by atoms with Crippen LogP contribution >= 0.6 is 22.7 Å². The third-order valence-corrected chi connectivity index (χ3v) is 6.83. The molecule has 0 spiro atoms. The molecule has 0 unspecified atom stereocenters. The molecule has 3 aromatic rings. The molecule has 1 aliphatic carbocycles. The average molecular weight is 384 g/mol.